The van der Waals surface area contributed by atoms with Gasteiger partial charge in [0, 0.05) is 5.92 Å². The summed E-state index contributed by atoms with van der Waals surface area (Å²) in [5.74, 6) is 4.38. The molecule has 1 atom stereocenters. The van der Waals surface area contributed by atoms with Gasteiger partial charge in [0.1, 0.15) is 10.6 Å². The van der Waals surface area contributed by atoms with Crippen molar-refractivity contribution in [2.45, 2.75) is 17.5 Å². The first-order valence-electron chi connectivity index (χ1n) is 9.17. The Morgan fingerprint density at radius 1 is 1.52 bits per heavy atom. The minimum atomic E-state index is -0.497. The van der Waals surface area contributed by atoms with E-state index in [2.05, 4.69) is 18.1 Å². The molecule has 0 aliphatic carbocycles. The number of allylic oxidation sites excluding steroid dienone is 2. The van der Waals surface area contributed by atoms with Crippen molar-refractivity contribution in [2.75, 3.05) is 12.9 Å². The van der Waals surface area contributed by atoms with Crippen LogP contribution in [0.4, 0.5) is 4.39 Å². The average molecular weight is 461 g/mol. The predicted molar refractivity (Wildman–Crippen MR) is 122 cm³/mol. The zero-order valence-corrected chi connectivity index (χ0v) is 18.4. The van der Waals surface area contributed by atoms with Crippen LogP contribution in [0.1, 0.15) is 17.9 Å². The summed E-state index contributed by atoms with van der Waals surface area (Å²) in [6, 6.07) is 5.63. The lowest BCUT2D eigenvalue weighted by molar-refractivity contribution is -0.118. The van der Waals surface area contributed by atoms with Crippen LogP contribution in [-0.2, 0) is 9.53 Å². The highest BCUT2D eigenvalue weighted by atomic mass is 32.2. The van der Waals surface area contributed by atoms with Crippen molar-refractivity contribution in [1.82, 2.24) is 15.0 Å². The van der Waals surface area contributed by atoms with Crippen molar-refractivity contribution in [3.63, 3.8) is 0 Å². The summed E-state index contributed by atoms with van der Waals surface area (Å²) in [7, 11) is 1.52. The number of amides is 1. The van der Waals surface area contributed by atoms with Gasteiger partial charge in [0.05, 0.1) is 29.7 Å². The third kappa shape index (κ3) is 4.71. The van der Waals surface area contributed by atoms with Gasteiger partial charge in [-0.3, -0.25) is 19.6 Å². The molecule has 1 amide bonds. The van der Waals surface area contributed by atoms with E-state index >= 15 is 0 Å². The molecular weight excluding hydrogens is 439 g/mol. The van der Waals surface area contributed by atoms with Gasteiger partial charge in [-0.1, -0.05) is 30.5 Å². The molecule has 0 aliphatic rings. The Labute approximate surface area is 186 Å². The summed E-state index contributed by atoms with van der Waals surface area (Å²) in [5.41, 5.74) is 2.68. The van der Waals surface area contributed by atoms with Gasteiger partial charge in [0.25, 0.3) is 5.56 Å². The Morgan fingerprint density at radius 3 is 2.94 bits per heavy atom. The monoisotopic (exact) mass is 460 g/mol. The Kier molecular flexibility index (Phi) is 7.26. The van der Waals surface area contributed by atoms with E-state index < -0.39 is 11.7 Å². The molecule has 3 N–H and O–H groups in total. The SMILES string of the molecule is C=CCC(C(=C)OC)c1csc2nc(SCC(=O)NN)n(-c3cccc(F)c3)c(=O)c12. The second kappa shape index (κ2) is 9.90. The minimum Gasteiger partial charge on any atom is -0.501 e. The van der Waals surface area contributed by atoms with Crippen molar-refractivity contribution in [2.24, 2.45) is 5.84 Å². The molecule has 7 nitrogen and oxygen atoms in total. The van der Waals surface area contributed by atoms with Crippen LogP contribution in [0.5, 0.6) is 0 Å². The predicted octanol–water partition coefficient (Wildman–Crippen LogP) is 3.49. The van der Waals surface area contributed by atoms with Gasteiger partial charge in [-0.2, -0.15) is 0 Å². The number of thiophene rings is 1. The molecule has 0 radical (unpaired) electrons. The van der Waals surface area contributed by atoms with Gasteiger partial charge in [-0.25, -0.2) is 15.2 Å². The Hall–Kier alpha value is -2.95. The number of rotatable bonds is 9. The number of hydrogen-bond donors (Lipinski definition) is 2. The summed E-state index contributed by atoms with van der Waals surface area (Å²) < 4.78 is 20.6. The van der Waals surface area contributed by atoms with E-state index in [1.807, 2.05) is 10.8 Å². The number of fused-ring (bicyclic) bond motifs is 1. The number of nitrogens with one attached hydrogen (secondary N) is 1. The van der Waals surface area contributed by atoms with E-state index in [9.17, 15) is 14.0 Å². The lowest BCUT2D eigenvalue weighted by atomic mass is 9.94. The van der Waals surface area contributed by atoms with Crippen LogP contribution in [0.3, 0.4) is 0 Å². The van der Waals surface area contributed by atoms with Crippen molar-refractivity contribution >= 4 is 39.2 Å². The summed E-state index contributed by atoms with van der Waals surface area (Å²) in [6.45, 7) is 7.73. The molecule has 1 unspecified atom stereocenters. The zero-order valence-electron chi connectivity index (χ0n) is 16.8. The lowest BCUT2D eigenvalue weighted by Crippen LogP contribution is -2.32. The quantitative estimate of drug-likeness (QED) is 0.0965. The fourth-order valence-corrected chi connectivity index (χ4v) is 4.96. The molecule has 0 aliphatic heterocycles. The molecule has 0 spiro atoms. The highest BCUT2D eigenvalue weighted by Gasteiger charge is 2.24. The van der Waals surface area contributed by atoms with Gasteiger partial charge in [0.2, 0.25) is 5.91 Å². The van der Waals surface area contributed by atoms with E-state index in [-0.39, 0.29) is 22.4 Å². The number of hydrogen-bond acceptors (Lipinski definition) is 7. The normalized spacial score (nSPS) is 11.8. The van der Waals surface area contributed by atoms with E-state index in [0.717, 1.165) is 11.8 Å². The standard InChI is InChI=1S/C21H21FN4O3S2/c1-4-6-15(12(2)29-3)16-10-30-19-18(16)20(28)26(14-8-5-7-13(22)9-14)21(24-19)31-11-17(27)25-23/h4-5,7-10,15H,1-2,6,11,23H2,3H3,(H,25,27). The van der Waals surface area contributed by atoms with Gasteiger partial charge >= 0.3 is 0 Å². The van der Waals surface area contributed by atoms with Crippen LogP contribution in [-0.4, -0.2) is 28.3 Å². The Balaban J connectivity index is 2.27. The van der Waals surface area contributed by atoms with Crippen molar-refractivity contribution in [3.8, 4) is 5.69 Å². The maximum atomic E-state index is 13.9. The maximum absolute atomic E-state index is 13.9. The van der Waals surface area contributed by atoms with Gasteiger partial charge in [-0.05, 0) is 35.6 Å². The van der Waals surface area contributed by atoms with Crippen molar-refractivity contribution in [1.29, 1.82) is 0 Å². The summed E-state index contributed by atoms with van der Waals surface area (Å²) in [4.78, 5) is 30.4. The maximum Gasteiger partial charge on any atom is 0.267 e. The van der Waals surface area contributed by atoms with Crippen molar-refractivity contribution < 1.29 is 13.9 Å². The van der Waals surface area contributed by atoms with Gasteiger partial charge < -0.3 is 4.74 Å². The number of methoxy groups -OCH3 is 1. The number of nitrogens with two attached hydrogens (primary N) is 1. The largest absolute Gasteiger partial charge is 0.501 e. The molecule has 0 bridgehead atoms. The van der Waals surface area contributed by atoms with Crippen LogP contribution >= 0.6 is 23.1 Å². The molecule has 2 aromatic heterocycles. The highest BCUT2D eigenvalue weighted by Crippen LogP contribution is 2.36. The summed E-state index contributed by atoms with van der Waals surface area (Å²) >= 11 is 2.34. The molecule has 1 aromatic carbocycles. The highest BCUT2D eigenvalue weighted by molar-refractivity contribution is 7.99. The van der Waals surface area contributed by atoms with Gasteiger partial charge in [0.15, 0.2) is 5.16 Å². The second-order valence-corrected chi connectivity index (χ2v) is 8.29. The number of carbonyl (C=O) groups excluding carboxylic acids is 1. The molecule has 0 fully saturated rings. The molecule has 3 aromatic rings. The molecule has 10 heteroatoms. The third-order valence-electron chi connectivity index (χ3n) is 4.59. The van der Waals surface area contributed by atoms with Crippen molar-refractivity contribution in [3.05, 3.63) is 76.4 Å². The zero-order chi connectivity index (χ0) is 22.5. The third-order valence-corrected chi connectivity index (χ3v) is 6.42. The average Bonchev–Trinajstić information content (AvgIpc) is 3.19. The van der Waals surface area contributed by atoms with E-state index in [0.29, 0.717) is 33.6 Å². The van der Waals surface area contributed by atoms with E-state index in [4.69, 9.17) is 10.6 Å². The number of aromatic nitrogens is 2. The molecule has 3 rings (SSSR count). The number of nitrogens with zero attached hydrogens (tertiary/aromatic N) is 2. The molecule has 0 saturated carbocycles. The first kappa shape index (κ1) is 22.7. The fraction of sp³-hybridized carbons (Fsp3) is 0.190. The first-order valence-corrected chi connectivity index (χ1v) is 11.0. The van der Waals surface area contributed by atoms with Crippen LogP contribution in [0.25, 0.3) is 15.9 Å². The first-order chi connectivity index (χ1) is 14.9. The fourth-order valence-electron chi connectivity index (χ4n) is 3.10. The Bertz CT molecular complexity index is 1210. The van der Waals surface area contributed by atoms with Crippen LogP contribution < -0.4 is 16.8 Å². The minimum absolute atomic E-state index is 0.0540. The molecule has 2 heterocycles. The number of ether oxygens (including phenoxy) is 1. The molecule has 31 heavy (non-hydrogen) atoms. The number of thioether (sulfide) groups is 1. The Morgan fingerprint density at radius 2 is 2.29 bits per heavy atom. The number of hydrazine groups is 1. The van der Waals surface area contributed by atoms with E-state index in [1.165, 1.54) is 41.2 Å². The second-order valence-electron chi connectivity index (χ2n) is 6.49. The smallest absolute Gasteiger partial charge is 0.267 e. The summed E-state index contributed by atoms with van der Waals surface area (Å²) in [5, 5.41) is 2.49. The molecule has 162 valence electrons. The number of carbonyl (C=O) groups is 1. The van der Waals surface area contributed by atoms with Crippen LogP contribution in [0.2, 0.25) is 0 Å². The summed E-state index contributed by atoms with van der Waals surface area (Å²) in [6.07, 6.45) is 2.25. The van der Waals surface area contributed by atoms with E-state index in [1.54, 1.807) is 12.1 Å². The topological polar surface area (TPSA) is 99.2 Å². The molecular formula is C21H21FN4O3S2. The number of benzene rings is 1. The van der Waals surface area contributed by atoms with Crippen LogP contribution in [0, 0.1) is 5.82 Å². The van der Waals surface area contributed by atoms with Gasteiger partial charge in [-0.15, -0.1) is 17.9 Å². The lowest BCUT2D eigenvalue weighted by Gasteiger charge is -2.17. The van der Waals surface area contributed by atoms with Crippen LogP contribution in [0.15, 0.2) is 64.6 Å². The number of halogens is 1. The molecule has 0 saturated heterocycles.